The van der Waals surface area contributed by atoms with Gasteiger partial charge in [0.15, 0.2) is 0 Å². The van der Waals surface area contributed by atoms with Gasteiger partial charge >= 0.3 is 0 Å². The fourth-order valence-electron chi connectivity index (χ4n) is 2.79. The first kappa shape index (κ1) is 17.7. The molecule has 2 rings (SSSR count). The van der Waals surface area contributed by atoms with Gasteiger partial charge in [-0.25, -0.2) is 4.98 Å². The molecule has 1 aliphatic carbocycles. The summed E-state index contributed by atoms with van der Waals surface area (Å²) in [6.07, 6.45) is 8.33. The lowest BCUT2D eigenvalue weighted by molar-refractivity contribution is -0.140. The summed E-state index contributed by atoms with van der Waals surface area (Å²) in [4.78, 5) is 16.9. The molecular formula is C18H28N2O3. The molecule has 1 heterocycles. The predicted molar refractivity (Wildman–Crippen MR) is 90.7 cm³/mol. The molecule has 1 fully saturated rings. The van der Waals surface area contributed by atoms with Gasteiger partial charge in [-0.2, -0.15) is 0 Å². The van der Waals surface area contributed by atoms with Crippen molar-refractivity contribution >= 4 is 11.6 Å². The minimum absolute atomic E-state index is 0.0510. The van der Waals surface area contributed by atoms with Crippen molar-refractivity contribution in [2.24, 2.45) is 0 Å². The molecule has 5 nitrogen and oxygen atoms in total. The highest BCUT2D eigenvalue weighted by molar-refractivity contribution is 5.97. The Hall–Kier alpha value is -1.62. The first-order valence-corrected chi connectivity index (χ1v) is 8.74. The van der Waals surface area contributed by atoms with Crippen molar-refractivity contribution in [2.75, 3.05) is 18.5 Å². The number of aromatic nitrogens is 1. The Kier molecular flexibility index (Phi) is 6.84. The molecule has 23 heavy (non-hydrogen) atoms. The monoisotopic (exact) mass is 320 g/mol. The van der Waals surface area contributed by atoms with Crippen LogP contribution in [-0.2, 0) is 9.53 Å². The number of unbranched alkanes of at least 4 members (excludes halogenated alkanes) is 1. The van der Waals surface area contributed by atoms with Crippen molar-refractivity contribution < 1.29 is 14.3 Å². The SMILES string of the molecule is CCCCOc1ccc(NC(=O)C2(OCCC)CCCC2)cn1. The maximum atomic E-state index is 12.6. The quantitative estimate of drug-likeness (QED) is 0.700. The standard InChI is InChI=1S/C18H28N2O3/c1-3-5-13-22-16-9-8-15(14-19-16)20-17(21)18(23-12-4-2)10-6-7-11-18/h8-9,14H,3-7,10-13H2,1-2H3,(H,20,21). The van der Waals surface area contributed by atoms with Gasteiger partial charge in [0.05, 0.1) is 18.5 Å². The average molecular weight is 320 g/mol. The fourth-order valence-corrected chi connectivity index (χ4v) is 2.79. The Labute approximate surface area is 138 Å². The molecule has 1 amide bonds. The second kappa shape index (κ2) is 8.87. The van der Waals surface area contributed by atoms with Crippen LogP contribution in [0.15, 0.2) is 18.3 Å². The van der Waals surface area contributed by atoms with E-state index < -0.39 is 5.60 Å². The zero-order chi connectivity index (χ0) is 16.5. The van der Waals surface area contributed by atoms with Gasteiger partial charge in [0.2, 0.25) is 5.88 Å². The first-order chi connectivity index (χ1) is 11.2. The molecule has 0 atom stereocenters. The van der Waals surface area contributed by atoms with E-state index in [9.17, 15) is 4.79 Å². The van der Waals surface area contributed by atoms with Gasteiger partial charge in [-0.05, 0) is 44.6 Å². The molecule has 0 aromatic carbocycles. The van der Waals surface area contributed by atoms with Crippen LogP contribution in [0, 0.1) is 0 Å². The second-order valence-electron chi connectivity index (χ2n) is 6.09. The van der Waals surface area contributed by atoms with Crippen molar-refractivity contribution in [1.29, 1.82) is 0 Å². The first-order valence-electron chi connectivity index (χ1n) is 8.74. The normalized spacial score (nSPS) is 16.3. The van der Waals surface area contributed by atoms with Crippen molar-refractivity contribution in [3.05, 3.63) is 18.3 Å². The van der Waals surface area contributed by atoms with Crippen LogP contribution in [0.2, 0.25) is 0 Å². The van der Waals surface area contributed by atoms with Crippen molar-refractivity contribution in [3.8, 4) is 5.88 Å². The number of ether oxygens (including phenoxy) is 2. The highest BCUT2D eigenvalue weighted by atomic mass is 16.5. The average Bonchev–Trinajstić information content (AvgIpc) is 3.05. The van der Waals surface area contributed by atoms with Crippen LogP contribution in [0.4, 0.5) is 5.69 Å². The van der Waals surface area contributed by atoms with E-state index in [0.717, 1.165) is 44.9 Å². The van der Waals surface area contributed by atoms with E-state index in [1.54, 1.807) is 12.3 Å². The van der Waals surface area contributed by atoms with E-state index in [1.165, 1.54) is 0 Å². The van der Waals surface area contributed by atoms with E-state index in [4.69, 9.17) is 9.47 Å². The number of carbonyl (C=O) groups is 1. The number of nitrogens with one attached hydrogen (secondary N) is 1. The number of rotatable bonds is 9. The summed E-state index contributed by atoms with van der Waals surface area (Å²) in [7, 11) is 0. The number of anilines is 1. The minimum Gasteiger partial charge on any atom is -0.478 e. The van der Waals surface area contributed by atoms with Crippen LogP contribution in [-0.4, -0.2) is 29.7 Å². The molecule has 0 unspecified atom stereocenters. The van der Waals surface area contributed by atoms with Gasteiger partial charge in [-0.15, -0.1) is 0 Å². The molecule has 0 saturated heterocycles. The molecule has 0 aliphatic heterocycles. The highest BCUT2D eigenvalue weighted by Gasteiger charge is 2.42. The van der Waals surface area contributed by atoms with Gasteiger partial charge in [0.1, 0.15) is 5.60 Å². The fraction of sp³-hybridized carbons (Fsp3) is 0.667. The number of pyridine rings is 1. The third-order valence-electron chi connectivity index (χ3n) is 4.15. The molecule has 1 aliphatic rings. The predicted octanol–water partition coefficient (Wildman–Crippen LogP) is 3.94. The van der Waals surface area contributed by atoms with E-state index >= 15 is 0 Å². The van der Waals surface area contributed by atoms with E-state index in [1.807, 2.05) is 6.07 Å². The van der Waals surface area contributed by atoms with Gasteiger partial charge in [-0.3, -0.25) is 4.79 Å². The van der Waals surface area contributed by atoms with Gasteiger partial charge in [0.25, 0.3) is 5.91 Å². The summed E-state index contributed by atoms with van der Waals surface area (Å²) in [6, 6.07) is 3.62. The van der Waals surface area contributed by atoms with Crippen LogP contribution < -0.4 is 10.1 Å². The van der Waals surface area contributed by atoms with E-state index in [-0.39, 0.29) is 5.91 Å². The van der Waals surface area contributed by atoms with Gasteiger partial charge < -0.3 is 14.8 Å². The molecule has 0 spiro atoms. The van der Waals surface area contributed by atoms with Crippen molar-refractivity contribution in [2.45, 2.75) is 64.4 Å². The summed E-state index contributed by atoms with van der Waals surface area (Å²) < 4.78 is 11.4. The Bertz CT molecular complexity index is 482. The van der Waals surface area contributed by atoms with Crippen LogP contribution >= 0.6 is 0 Å². The topological polar surface area (TPSA) is 60.5 Å². The molecule has 1 aromatic heterocycles. The Morgan fingerprint density at radius 3 is 2.61 bits per heavy atom. The minimum atomic E-state index is -0.660. The van der Waals surface area contributed by atoms with E-state index in [0.29, 0.717) is 24.8 Å². The molecule has 0 bridgehead atoms. The van der Waals surface area contributed by atoms with Crippen LogP contribution in [0.5, 0.6) is 5.88 Å². The summed E-state index contributed by atoms with van der Waals surface area (Å²) in [5.74, 6) is 0.541. The number of nitrogens with zero attached hydrogens (tertiary/aromatic N) is 1. The zero-order valence-electron chi connectivity index (χ0n) is 14.3. The Morgan fingerprint density at radius 2 is 2.00 bits per heavy atom. The molecule has 0 radical (unpaired) electrons. The Morgan fingerprint density at radius 1 is 1.22 bits per heavy atom. The van der Waals surface area contributed by atoms with Crippen LogP contribution in [0.25, 0.3) is 0 Å². The Balaban J connectivity index is 1.93. The lowest BCUT2D eigenvalue weighted by Gasteiger charge is -2.27. The van der Waals surface area contributed by atoms with Crippen molar-refractivity contribution in [1.82, 2.24) is 4.98 Å². The molecule has 128 valence electrons. The summed E-state index contributed by atoms with van der Waals surface area (Å²) in [5.41, 5.74) is 0.0240. The summed E-state index contributed by atoms with van der Waals surface area (Å²) >= 11 is 0. The second-order valence-corrected chi connectivity index (χ2v) is 6.09. The molecular weight excluding hydrogens is 292 g/mol. The lowest BCUT2D eigenvalue weighted by Crippen LogP contribution is -2.43. The highest BCUT2D eigenvalue weighted by Crippen LogP contribution is 2.34. The van der Waals surface area contributed by atoms with Crippen LogP contribution in [0.1, 0.15) is 58.8 Å². The lowest BCUT2D eigenvalue weighted by atomic mass is 10.0. The zero-order valence-corrected chi connectivity index (χ0v) is 14.3. The molecule has 1 saturated carbocycles. The number of carbonyl (C=O) groups excluding carboxylic acids is 1. The maximum absolute atomic E-state index is 12.6. The number of hydrogen-bond donors (Lipinski definition) is 1. The van der Waals surface area contributed by atoms with Crippen molar-refractivity contribution in [3.63, 3.8) is 0 Å². The smallest absolute Gasteiger partial charge is 0.256 e. The molecule has 1 N–H and O–H groups in total. The summed E-state index contributed by atoms with van der Waals surface area (Å²) in [6.45, 7) is 5.47. The molecule has 1 aromatic rings. The number of amides is 1. The third-order valence-corrected chi connectivity index (χ3v) is 4.15. The summed E-state index contributed by atoms with van der Waals surface area (Å²) in [5, 5.41) is 2.95. The molecule has 5 heteroatoms. The van der Waals surface area contributed by atoms with E-state index in [2.05, 4.69) is 24.1 Å². The third kappa shape index (κ3) is 4.93. The maximum Gasteiger partial charge on any atom is 0.256 e. The van der Waals surface area contributed by atoms with Gasteiger partial charge in [-0.1, -0.05) is 20.3 Å². The largest absolute Gasteiger partial charge is 0.478 e. The van der Waals surface area contributed by atoms with Gasteiger partial charge in [0, 0.05) is 12.7 Å². The number of hydrogen-bond acceptors (Lipinski definition) is 4. The van der Waals surface area contributed by atoms with Crippen LogP contribution in [0.3, 0.4) is 0 Å².